The van der Waals surface area contributed by atoms with Gasteiger partial charge in [0.25, 0.3) is 10.0 Å². The van der Waals surface area contributed by atoms with Crippen LogP contribution in [0, 0.1) is 0 Å². The standard InChI is InChI=1S/C25H26F3N3O3S2/c26-25(27,28)18-4-7-23(21(15-18)16-8-10-29-11-9-16)34-22-3-1-2-17-14-19(5-6-20(17)22)36(32,33)31-24-30-12-13-35-24/h4-7,12-16,22,29H,1-3,8-11H2,(H,30,31). The Hall–Kier alpha value is -2.63. The van der Waals surface area contributed by atoms with Gasteiger partial charge in [0.1, 0.15) is 11.9 Å². The van der Waals surface area contributed by atoms with Crippen molar-refractivity contribution in [1.82, 2.24) is 10.3 Å². The van der Waals surface area contributed by atoms with Crippen LogP contribution in [-0.2, 0) is 22.6 Å². The first kappa shape index (κ1) is 25.0. The molecule has 2 heterocycles. The van der Waals surface area contributed by atoms with Crippen LogP contribution < -0.4 is 14.8 Å². The predicted molar refractivity (Wildman–Crippen MR) is 132 cm³/mol. The van der Waals surface area contributed by atoms with Crippen LogP contribution in [0.5, 0.6) is 5.75 Å². The van der Waals surface area contributed by atoms with Gasteiger partial charge >= 0.3 is 6.18 Å². The number of nitrogens with zero attached hydrogens (tertiary/aromatic N) is 1. The molecule has 1 saturated heterocycles. The van der Waals surface area contributed by atoms with Gasteiger partial charge in [-0.25, -0.2) is 13.4 Å². The molecule has 0 bridgehead atoms. The average molecular weight is 538 g/mol. The summed E-state index contributed by atoms with van der Waals surface area (Å²) in [4.78, 5) is 4.12. The van der Waals surface area contributed by atoms with E-state index in [1.165, 1.54) is 35.7 Å². The summed E-state index contributed by atoms with van der Waals surface area (Å²) in [6.45, 7) is 1.50. The number of anilines is 1. The fourth-order valence-electron chi connectivity index (χ4n) is 4.92. The fraction of sp³-hybridized carbons (Fsp3) is 0.400. The average Bonchev–Trinajstić information content (AvgIpc) is 3.36. The number of fused-ring (bicyclic) bond motifs is 1. The number of alkyl halides is 3. The molecule has 0 radical (unpaired) electrons. The van der Waals surface area contributed by atoms with Crippen molar-refractivity contribution >= 4 is 26.5 Å². The summed E-state index contributed by atoms with van der Waals surface area (Å²) >= 11 is 1.19. The van der Waals surface area contributed by atoms with E-state index in [0.717, 1.165) is 49.5 Å². The van der Waals surface area contributed by atoms with Crippen LogP contribution in [0.2, 0.25) is 0 Å². The molecule has 1 aliphatic heterocycles. The molecule has 1 fully saturated rings. The van der Waals surface area contributed by atoms with E-state index in [2.05, 4.69) is 15.0 Å². The molecule has 1 unspecified atom stereocenters. The molecular formula is C25H26F3N3O3S2. The summed E-state index contributed by atoms with van der Waals surface area (Å²) in [6, 6.07) is 8.69. The molecule has 36 heavy (non-hydrogen) atoms. The highest BCUT2D eigenvalue weighted by atomic mass is 32.2. The third-order valence-electron chi connectivity index (χ3n) is 6.72. The van der Waals surface area contributed by atoms with E-state index in [1.54, 1.807) is 17.5 Å². The van der Waals surface area contributed by atoms with Crippen LogP contribution in [0.3, 0.4) is 0 Å². The van der Waals surface area contributed by atoms with E-state index < -0.39 is 21.8 Å². The maximum Gasteiger partial charge on any atom is 0.416 e. The molecule has 5 rings (SSSR count). The number of hydrogen-bond acceptors (Lipinski definition) is 6. The van der Waals surface area contributed by atoms with Gasteiger partial charge < -0.3 is 10.1 Å². The summed E-state index contributed by atoms with van der Waals surface area (Å²) in [7, 11) is -3.79. The van der Waals surface area contributed by atoms with Crippen molar-refractivity contribution in [3.05, 3.63) is 70.2 Å². The lowest BCUT2D eigenvalue weighted by molar-refractivity contribution is -0.137. The molecule has 1 aromatic heterocycles. The lowest BCUT2D eigenvalue weighted by atomic mass is 9.87. The Morgan fingerprint density at radius 3 is 2.58 bits per heavy atom. The van der Waals surface area contributed by atoms with E-state index in [9.17, 15) is 21.6 Å². The van der Waals surface area contributed by atoms with E-state index in [4.69, 9.17) is 4.74 Å². The molecule has 0 saturated carbocycles. The van der Waals surface area contributed by atoms with Crippen LogP contribution in [0.15, 0.2) is 52.9 Å². The highest BCUT2D eigenvalue weighted by Gasteiger charge is 2.33. The quantitative estimate of drug-likeness (QED) is 0.410. The molecule has 0 spiro atoms. The van der Waals surface area contributed by atoms with Gasteiger partial charge in [0.2, 0.25) is 0 Å². The third kappa shape index (κ3) is 5.37. The second kappa shape index (κ2) is 10.0. The maximum absolute atomic E-state index is 13.5. The number of aryl methyl sites for hydroxylation is 1. The van der Waals surface area contributed by atoms with Crippen LogP contribution in [0.25, 0.3) is 0 Å². The molecular weight excluding hydrogens is 511 g/mol. The van der Waals surface area contributed by atoms with Gasteiger partial charge in [-0.05, 0) is 98.1 Å². The number of sulfonamides is 1. The second-order valence-corrected chi connectivity index (χ2v) is 11.7. The number of ether oxygens (including phenoxy) is 1. The molecule has 3 aromatic rings. The van der Waals surface area contributed by atoms with Crippen LogP contribution in [0.1, 0.15) is 60.0 Å². The lowest BCUT2D eigenvalue weighted by Crippen LogP contribution is -2.27. The largest absolute Gasteiger partial charge is 0.485 e. The zero-order valence-corrected chi connectivity index (χ0v) is 21.0. The first-order valence-electron chi connectivity index (χ1n) is 11.8. The highest BCUT2D eigenvalue weighted by molar-refractivity contribution is 7.93. The van der Waals surface area contributed by atoms with Crippen molar-refractivity contribution < 1.29 is 26.3 Å². The molecule has 192 valence electrons. The first-order chi connectivity index (χ1) is 17.2. The number of hydrogen-bond donors (Lipinski definition) is 2. The molecule has 1 aliphatic carbocycles. The van der Waals surface area contributed by atoms with Crippen molar-refractivity contribution in [1.29, 1.82) is 0 Å². The first-order valence-corrected chi connectivity index (χ1v) is 14.2. The fourth-order valence-corrected chi connectivity index (χ4v) is 6.76. The summed E-state index contributed by atoms with van der Waals surface area (Å²) in [5.74, 6) is 0.450. The zero-order chi connectivity index (χ0) is 25.3. The number of rotatable bonds is 6. The normalized spacial score (nSPS) is 19.0. The number of aromatic nitrogens is 1. The van der Waals surface area contributed by atoms with Crippen molar-refractivity contribution in [2.45, 2.75) is 55.2 Å². The van der Waals surface area contributed by atoms with Gasteiger partial charge in [0, 0.05) is 11.6 Å². The van der Waals surface area contributed by atoms with Gasteiger partial charge in [-0.1, -0.05) is 6.07 Å². The van der Waals surface area contributed by atoms with Crippen molar-refractivity contribution in [2.75, 3.05) is 17.8 Å². The smallest absolute Gasteiger partial charge is 0.416 e. The van der Waals surface area contributed by atoms with Crippen molar-refractivity contribution in [3.8, 4) is 5.75 Å². The molecule has 0 amide bonds. The number of nitrogens with one attached hydrogen (secondary N) is 2. The monoisotopic (exact) mass is 537 g/mol. The SMILES string of the molecule is O=S(=O)(Nc1nccs1)c1ccc2c(c1)CCCC2Oc1ccc(C(F)(F)F)cc1C1CCNCC1. The zero-order valence-electron chi connectivity index (χ0n) is 19.3. The van der Waals surface area contributed by atoms with Gasteiger partial charge in [0.05, 0.1) is 10.5 Å². The summed E-state index contributed by atoms with van der Waals surface area (Å²) in [5, 5.41) is 5.23. The Morgan fingerprint density at radius 2 is 1.86 bits per heavy atom. The van der Waals surface area contributed by atoms with Gasteiger partial charge in [-0.3, -0.25) is 4.72 Å². The molecule has 2 N–H and O–H groups in total. The van der Waals surface area contributed by atoms with E-state index in [-0.39, 0.29) is 16.9 Å². The molecule has 11 heteroatoms. The Bertz CT molecular complexity index is 1320. The second-order valence-electron chi connectivity index (χ2n) is 9.08. The highest BCUT2D eigenvalue weighted by Crippen LogP contribution is 2.42. The minimum atomic E-state index is -4.42. The minimum Gasteiger partial charge on any atom is -0.485 e. The Labute approximate surface area is 212 Å². The third-order valence-corrected chi connectivity index (χ3v) is 8.88. The molecule has 1 atom stereocenters. The molecule has 2 aromatic carbocycles. The topological polar surface area (TPSA) is 80.3 Å². The lowest BCUT2D eigenvalue weighted by Gasteiger charge is -2.30. The Kier molecular flexibility index (Phi) is 6.97. The summed E-state index contributed by atoms with van der Waals surface area (Å²) in [5.41, 5.74) is 1.65. The predicted octanol–water partition coefficient (Wildman–Crippen LogP) is 5.89. The van der Waals surface area contributed by atoms with Crippen molar-refractivity contribution in [2.24, 2.45) is 0 Å². The van der Waals surface area contributed by atoms with Crippen molar-refractivity contribution in [3.63, 3.8) is 0 Å². The van der Waals surface area contributed by atoms with Crippen LogP contribution in [0.4, 0.5) is 18.3 Å². The van der Waals surface area contributed by atoms with Gasteiger partial charge in [-0.15, -0.1) is 11.3 Å². The number of halogens is 3. The van der Waals surface area contributed by atoms with E-state index in [1.807, 2.05) is 0 Å². The Morgan fingerprint density at radius 1 is 1.06 bits per heavy atom. The summed E-state index contributed by atoms with van der Waals surface area (Å²) < 4.78 is 74.9. The number of benzene rings is 2. The summed E-state index contributed by atoms with van der Waals surface area (Å²) in [6.07, 6.45) is 0.397. The van der Waals surface area contributed by atoms with Gasteiger partial charge in [0.15, 0.2) is 5.13 Å². The van der Waals surface area contributed by atoms with E-state index >= 15 is 0 Å². The van der Waals surface area contributed by atoms with Crippen LogP contribution in [-0.4, -0.2) is 26.5 Å². The van der Waals surface area contributed by atoms with Crippen LogP contribution >= 0.6 is 11.3 Å². The van der Waals surface area contributed by atoms with Gasteiger partial charge in [-0.2, -0.15) is 13.2 Å². The Balaban J connectivity index is 1.43. The number of thiazole rings is 1. The maximum atomic E-state index is 13.5. The number of piperidine rings is 1. The van der Waals surface area contributed by atoms with E-state index in [0.29, 0.717) is 29.3 Å². The molecule has 2 aliphatic rings. The molecule has 6 nitrogen and oxygen atoms in total. The minimum absolute atomic E-state index is 0.0175.